The number of hydrogen-bond donors (Lipinski definition) is 2. The maximum atomic E-state index is 13.1. The standard InChI is InChI=1S/C21H18ClN3O/c1-21(2,16-12-24-18-11-14(22)8-9-15(16)18)20(26)25-17-7-3-5-13-6-4-10-23-19(13)17/h3-12,24H,1-2H3,(H,25,26). The summed E-state index contributed by atoms with van der Waals surface area (Å²) < 4.78 is 0. The van der Waals surface area contributed by atoms with E-state index < -0.39 is 5.41 Å². The van der Waals surface area contributed by atoms with Crippen molar-refractivity contribution in [2.24, 2.45) is 0 Å². The van der Waals surface area contributed by atoms with Crippen LogP contribution < -0.4 is 5.32 Å². The number of nitrogens with zero attached hydrogens (tertiary/aromatic N) is 1. The molecule has 130 valence electrons. The number of H-pyrrole nitrogens is 1. The third kappa shape index (κ3) is 2.72. The van der Waals surface area contributed by atoms with E-state index in [1.807, 2.05) is 68.6 Å². The van der Waals surface area contributed by atoms with Gasteiger partial charge in [0.1, 0.15) is 0 Å². The normalized spacial score (nSPS) is 11.8. The van der Waals surface area contributed by atoms with E-state index in [4.69, 9.17) is 11.6 Å². The van der Waals surface area contributed by atoms with Crippen molar-refractivity contribution in [1.82, 2.24) is 9.97 Å². The van der Waals surface area contributed by atoms with Gasteiger partial charge in [-0.15, -0.1) is 0 Å². The number of halogens is 1. The molecule has 4 nitrogen and oxygen atoms in total. The molecule has 0 unspecified atom stereocenters. The predicted octanol–water partition coefficient (Wildman–Crippen LogP) is 5.29. The molecule has 0 bridgehead atoms. The molecule has 26 heavy (non-hydrogen) atoms. The van der Waals surface area contributed by atoms with Gasteiger partial charge in [0.15, 0.2) is 0 Å². The first-order valence-electron chi connectivity index (χ1n) is 8.39. The van der Waals surface area contributed by atoms with E-state index in [2.05, 4.69) is 15.3 Å². The van der Waals surface area contributed by atoms with Crippen LogP contribution in [0.1, 0.15) is 19.4 Å². The average Bonchev–Trinajstić information content (AvgIpc) is 3.05. The van der Waals surface area contributed by atoms with Crippen LogP contribution in [0.4, 0.5) is 5.69 Å². The molecule has 2 aromatic heterocycles. The topological polar surface area (TPSA) is 57.8 Å². The molecule has 2 N–H and O–H groups in total. The molecule has 0 atom stereocenters. The second kappa shape index (κ2) is 6.15. The van der Waals surface area contributed by atoms with Gasteiger partial charge in [-0.05, 0) is 43.7 Å². The fourth-order valence-corrected chi connectivity index (χ4v) is 3.39. The van der Waals surface area contributed by atoms with Crippen LogP contribution in [-0.2, 0) is 10.2 Å². The van der Waals surface area contributed by atoms with E-state index in [9.17, 15) is 4.79 Å². The zero-order chi connectivity index (χ0) is 18.3. The van der Waals surface area contributed by atoms with Crippen molar-refractivity contribution in [2.75, 3.05) is 5.32 Å². The molecule has 0 aliphatic rings. The lowest BCUT2D eigenvalue weighted by atomic mass is 9.83. The first-order valence-corrected chi connectivity index (χ1v) is 8.77. The Morgan fingerprint density at radius 1 is 1.15 bits per heavy atom. The second-order valence-electron chi connectivity index (χ2n) is 6.85. The van der Waals surface area contributed by atoms with Gasteiger partial charge in [-0.3, -0.25) is 9.78 Å². The van der Waals surface area contributed by atoms with Gasteiger partial charge in [-0.1, -0.05) is 35.9 Å². The Balaban J connectivity index is 1.72. The fourth-order valence-electron chi connectivity index (χ4n) is 3.22. The highest BCUT2D eigenvalue weighted by molar-refractivity contribution is 6.31. The number of aromatic nitrogens is 2. The molecular weight excluding hydrogens is 346 g/mol. The molecule has 2 heterocycles. The molecule has 4 rings (SSSR count). The van der Waals surface area contributed by atoms with E-state index in [1.165, 1.54) is 0 Å². The molecule has 0 fully saturated rings. The van der Waals surface area contributed by atoms with Gasteiger partial charge in [-0.2, -0.15) is 0 Å². The lowest BCUT2D eigenvalue weighted by molar-refractivity contribution is -0.120. The molecule has 0 radical (unpaired) electrons. The van der Waals surface area contributed by atoms with Gasteiger partial charge in [0, 0.05) is 33.7 Å². The van der Waals surface area contributed by atoms with Crippen molar-refractivity contribution >= 4 is 45.0 Å². The third-order valence-electron chi connectivity index (χ3n) is 4.77. The Bertz CT molecular complexity index is 1130. The molecule has 0 saturated carbocycles. The molecule has 2 aromatic carbocycles. The summed E-state index contributed by atoms with van der Waals surface area (Å²) in [4.78, 5) is 20.7. The van der Waals surface area contributed by atoms with Crippen molar-refractivity contribution in [3.63, 3.8) is 0 Å². The van der Waals surface area contributed by atoms with Gasteiger partial charge in [0.2, 0.25) is 5.91 Å². The number of nitrogens with one attached hydrogen (secondary N) is 2. The van der Waals surface area contributed by atoms with Crippen molar-refractivity contribution in [2.45, 2.75) is 19.3 Å². The summed E-state index contributed by atoms with van der Waals surface area (Å²) in [5, 5.41) is 5.69. The van der Waals surface area contributed by atoms with Gasteiger partial charge in [0.25, 0.3) is 0 Å². The Kier molecular flexibility index (Phi) is 3.93. The zero-order valence-corrected chi connectivity index (χ0v) is 15.3. The smallest absolute Gasteiger partial charge is 0.234 e. The van der Waals surface area contributed by atoms with Crippen LogP contribution in [0, 0.1) is 0 Å². The van der Waals surface area contributed by atoms with Crippen LogP contribution in [-0.4, -0.2) is 15.9 Å². The molecule has 1 amide bonds. The lowest BCUT2D eigenvalue weighted by Crippen LogP contribution is -2.34. The minimum absolute atomic E-state index is 0.0912. The summed E-state index contributed by atoms with van der Waals surface area (Å²) in [5.41, 5.74) is 2.60. The van der Waals surface area contributed by atoms with E-state index in [-0.39, 0.29) is 5.91 Å². The molecule has 5 heteroatoms. The number of carbonyl (C=O) groups is 1. The molecule has 0 saturated heterocycles. The summed E-state index contributed by atoms with van der Waals surface area (Å²) in [6.07, 6.45) is 3.61. The maximum Gasteiger partial charge on any atom is 0.234 e. The Morgan fingerprint density at radius 3 is 2.81 bits per heavy atom. The molecule has 0 aliphatic heterocycles. The summed E-state index contributed by atoms with van der Waals surface area (Å²) >= 11 is 6.06. The van der Waals surface area contributed by atoms with Crippen LogP contribution in [0.5, 0.6) is 0 Å². The highest BCUT2D eigenvalue weighted by Gasteiger charge is 2.32. The Hall–Kier alpha value is -2.85. The Morgan fingerprint density at radius 2 is 1.96 bits per heavy atom. The van der Waals surface area contributed by atoms with E-state index in [0.717, 1.165) is 27.4 Å². The first-order chi connectivity index (χ1) is 12.5. The number of benzene rings is 2. The summed E-state index contributed by atoms with van der Waals surface area (Å²) in [6.45, 7) is 3.83. The summed E-state index contributed by atoms with van der Waals surface area (Å²) in [5.74, 6) is -0.0912. The molecule has 4 aromatic rings. The largest absolute Gasteiger partial charge is 0.361 e. The fraction of sp³-hybridized carbons (Fsp3) is 0.143. The number of hydrogen-bond acceptors (Lipinski definition) is 2. The Labute approximate surface area is 156 Å². The number of rotatable bonds is 3. The van der Waals surface area contributed by atoms with Crippen LogP contribution in [0.15, 0.2) is 60.9 Å². The number of para-hydroxylation sites is 1. The number of carbonyl (C=O) groups excluding carboxylic acids is 1. The summed E-state index contributed by atoms with van der Waals surface area (Å²) in [6, 6.07) is 15.3. The van der Waals surface area contributed by atoms with Gasteiger partial charge in [0.05, 0.1) is 16.6 Å². The molecular formula is C21H18ClN3O. The number of pyridine rings is 1. The van der Waals surface area contributed by atoms with Crippen molar-refractivity contribution in [3.8, 4) is 0 Å². The van der Waals surface area contributed by atoms with Gasteiger partial charge >= 0.3 is 0 Å². The zero-order valence-electron chi connectivity index (χ0n) is 14.5. The van der Waals surface area contributed by atoms with E-state index in [1.54, 1.807) is 6.20 Å². The summed E-state index contributed by atoms with van der Waals surface area (Å²) in [7, 11) is 0. The van der Waals surface area contributed by atoms with E-state index in [0.29, 0.717) is 10.7 Å². The molecule has 0 aliphatic carbocycles. The van der Waals surface area contributed by atoms with Crippen molar-refractivity contribution in [1.29, 1.82) is 0 Å². The SMILES string of the molecule is CC(C)(C(=O)Nc1cccc2cccnc12)c1c[nH]c2cc(Cl)ccc12. The first kappa shape index (κ1) is 16.6. The highest BCUT2D eigenvalue weighted by atomic mass is 35.5. The number of aromatic amines is 1. The van der Waals surface area contributed by atoms with Crippen LogP contribution in [0.3, 0.4) is 0 Å². The van der Waals surface area contributed by atoms with Crippen LogP contribution in [0.25, 0.3) is 21.8 Å². The average molecular weight is 364 g/mol. The van der Waals surface area contributed by atoms with E-state index >= 15 is 0 Å². The number of fused-ring (bicyclic) bond motifs is 2. The van der Waals surface area contributed by atoms with Gasteiger partial charge in [-0.25, -0.2) is 0 Å². The van der Waals surface area contributed by atoms with Crippen molar-refractivity contribution < 1.29 is 4.79 Å². The quantitative estimate of drug-likeness (QED) is 0.520. The lowest BCUT2D eigenvalue weighted by Gasteiger charge is -2.24. The number of amides is 1. The number of anilines is 1. The van der Waals surface area contributed by atoms with Crippen LogP contribution in [0.2, 0.25) is 5.02 Å². The van der Waals surface area contributed by atoms with Crippen molar-refractivity contribution in [3.05, 3.63) is 71.5 Å². The maximum absolute atomic E-state index is 13.1. The second-order valence-corrected chi connectivity index (χ2v) is 7.29. The predicted molar refractivity (Wildman–Crippen MR) is 107 cm³/mol. The van der Waals surface area contributed by atoms with Crippen LogP contribution >= 0.6 is 11.6 Å². The minimum Gasteiger partial charge on any atom is -0.361 e. The monoisotopic (exact) mass is 363 g/mol. The minimum atomic E-state index is -0.733. The molecule has 0 spiro atoms. The van der Waals surface area contributed by atoms with Gasteiger partial charge < -0.3 is 10.3 Å². The highest BCUT2D eigenvalue weighted by Crippen LogP contribution is 2.33. The third-order valence-corrected chi connectivity index (χ3v) is 5.00.